The van der Waals surface area contributed by atoms with Crippen molar-refractivity contribution in [3.8, 4) is 5.75 Å². The van der Waals surface area contributed by atoms with E-state index in [1.807, 2.05) is 30.3 Å². The molecule has 3 amide bonds. The molecular formula is C32H40BrN3O6. The van der Waals surface area contributed by atoms with Gasteiger partial charge in [-0.3, -0.25) is 9.59 Å². The van der Waals surface area contributed by atoms with E-state index in [2.05, 4.69) is 31.5 Å². The number of benzene rings is 2. The number of urea groups is 1. The average molecular weight is 643 g/mol. The summed E-state index contributed by atoms with van der Waals surface area (Å²) in [6.07, 6.45) is 7.76. The number of methoxy groups -OCH3 is 1. The van der Waals surface area contributed by atoms with Crippen molar-refractivity contribution in [1.29, 1.82) is 0 Å². The molecule has 0 bridgehead atoms. The standard InChI is InChI=1S/C32H40BrN3O6/c1-41-29-16-20(10-15-27(29)35-32(40)34-26-8-4-3-7-25(26)33)17-30(37)36-18-22(24-6-2-5-9-28(24)36)19-42-23-13-11-21(12-14-23)31(38)39/h3-4,7-8,10,15-16,21-24,28H,2,5-6,9,11-14,17-19H2,1H3,(H,38,39)(H2,34,35,40). The van der Waals surface area contributed by atoms with Crippen LogP contribution < -0.4 is 15.4 Å². The van der Waals surface area contributed by atoms with Crippen molar-refractivity contribution in [2.24, 2.45) is 17.8 Å². The third kappa shape index (κ3) is 7.26. The topological polar surface area (TPSA) is 117 Å². The summed E-state index contributed by atoms with van der Waals surface area (Å²) < 4.78 is 12.7. The molecular weight excluding hydrogens is 602 g/mol. The van der Waals surface area contributed by atoms with E-state index >= 15 is 0 Å². The van der Waals surface area contributed by atoms with Gasteiger partial charge in [-0.15, -0.1) is 0 Å². The summed E-state index contributed by atoms with van der Waals surface area (Å²) in [7, 11) is 1.55. The van der Waals surface area contributed by atoms with E-state index in [-0.39, 0.29) is 30.4 Å². The summed E-state index contributed by atoms with van der Waals surface area (Å²) in [5.74, 6) is 0.399. The molecule has 42 heavy (non-hydrogen) atoms. The van der Waals surface area contributed by atoms with Crippen LogP contribution in [0.25, 0.3) is 0 Å². The molecule has 2 aliphatic carbocycles. The smallest absolute Gasteiger partial charge is 0.323 e. The molecule has 5 rings (SSSR count). The summed E-state index contributed by atoms with van der Waals surface area (Å²) in [5.41, 5.74) is 1.99. The number of amides is 3. The van der Waals surface area contributed by atoms with Gasteiger partial charge in [-0.05, 0) is 90.2 Å². The third-order valence-corrected chi connectivity index (χ3v) is 9.79. The summed E-state index contributed by atoms with van der Waals surface area (Å²) in [4.78, 5) is 39.6. The van der Waals surface area contributed by atoms with Crippen molar-refractivity contribution in [3.05, 3.63) is 52.5 Å². The van der Waals surface area contributed by atoms with Crippen LogP contribution in [-0.2, 0) is 20.7 Å². The van der Waals surface area contributed by atoms with Crippen molar-refractivity contribution in [2.75, 3.05) is 30.9 Å². The van der Waals surface area contributed by atoms with Gasteiger partial charge in [0.2, 0.25) is 5.91 Å². The molecule has 2 aromatic carbocycles. The fourth-order valence-corrected chi connectivity index (χ4v) is 7.25. The second kappa shape index (κ2) is 13.9. The van der Waals surface area contributed by atoms with Crippen LogP contribution in [-0.4, -0.2) is 60.3 Å². The number of carboxylic acid groups (broad SMARTS) is 1. The summed E-state index contributed by atoms with van der Waals surface area (Å²) in [6.45, 7) is 1.33. The van der Waals surface area contributed by atoms with Gasteiger partial charge in [0.15, 0.2) is 0 Å². The number of carbonyl (C=O) groups is 3. The molecule has 0 radical (unpaired) electrons. The predicted octanol–water partition coefficient (Wildman–Crippen LogP) is 6.32. The quantitative estimate of drug-likeness (QED) is 0.295. The Balaban J connectivity index is 1.18. The molecule has 1 aliphatic heterocycles. The fourth-order valence-electron chi connectivity index (χ4n) is 6.86. The normalized spacial score (nSPS) is 25.4. The lowest BCUT2D eigenvalue weighted by atomic mass is 9.80. The van der Waals surface area contributed by atoms with Crippen molar-refractivity contribution < 1.29 is 29.0 Å². The Morgan fingerprint density at radius 3 is 2.45 bits per heavy atom. The molecule has 10 heteroatoms. The third-order valence-electron chi connectivity index (χ3n) is 9.10. The molecule has 1 heterocycles. The number of likely N-dealkylation sites (tertiary alicyclic amines) is 1. The van der Waals surface area contributed by atoms with Gasteiger partial charge in [0.05, 0.1) is 43.5 Å². The van der Waals surface area contributed by atoms with Crippen LogP contribution in [0.4, 0.5) is 16.2 Å². The number of aliphatic carboxylic acids is 1. The van der Waals surface area contributed by atoms with Gasteiger partial charge in [0.25, 0.3) is 0 Å². The lowest BCUT2D eigenvalue weighted by molar-refractivity contribution is -0.144. The number of fused-ring (bicyclic) bond motifs is 1. The molecule has 3 fully saturated rings. The minimum atomic E-state index is -0.700. The number of anilines is 2. The lowest BCUT2D eigenvalue weighted by Gasteiger charge is -2.33. The van der Waals surface area contributed by atoms with Crippen molar-refractivity contribution >= 4 is 45.2 Å². The zero-order valence-electron chi connectivity index (χ0n) is 24.0. The van der Waals surface area contributed by atoms with Crippen LogP contribution in [0.3, 0.4) is 0 Å². The number of rotatable bonds is 9. The molecule has 2 aromatic rings. The first-order valence-corrected chi connectivity index (χ1v) is 15.7. The molecule has 2 saturated carbocycles. The van der Waals surface area contributed by atoms with E-state index in [4.69, 9.17) is 9.47 Å². The number of carboxylic acids is 1. The second-order valence-electron chi connectivity index (χ2n) is 11.7. The Kier molecular flexibility index (Phi) is 10.1. The first kappa shape index (κ1) is 30.4. The van der Waals surface area contributed by atoms with Gasteiger partial charge in [-0.25, -0.2) is 4.79 Å². The van der Waals surface area contributed by atoms with Crippen LogP contribution in [0.5, 0.6) is 5.75 Å². The van der Waals surface area contributed by atoms with Crippen molar-refractivity contribution in [3.63, 3.8) is 0 Å². The highest BCUT2D eigenvalue weighted by molar-refractivity contribution is 9.10. The monoisotopic (exact) mass is 641 g/mol. The van der Waals surface area contributed by atoms with Gasteiger partial charge in [0.1, 0.15) is 5.75 Å². The fraction of sp³-hybridized carbons (Fsp3) is 0.531. The van der Waals surface area contributed by atoms with E-state index in [1.165, 1.54) is 6.42 Å². The van der Waals surface area contributed by atoms with Crippen LogP contribution in [0, 0.1) is 17.8 Å². The van der Waals surface area contributed by atoms with E-state index in [1.54, 1.807) is 19.2 Å². The Hall–Kier alpha value is -3.11. The van der Waals surface area contributed by atoms with Gasteiger partial charge < -0.3 is 30.1 Å². The molecule has 3 aliphatic rings. The molecule has 3 N–H and O–H groups in total. The summed E-state index contributed by atoms with van der Waals surface area (Å²) in [6, 6.07) is 12.6. The highest BCUT2D eigenvalue weighted by Gasteiger charge is 2.44. The van der Waals surface area contributed by atoms with Crippen LogP contribution in [0.15, 0.2) is 46.9 Å². The maximum Gasteiger partial charge on any atom is 0.323 e. The molecule has 9 nitrogen and oxygen atoms in total. The van der Waals surface area contributed by atoms with E-state index in [0.717, 1.165) is 42.1 Å². The van der Waals surface area contributed by atoms with Gasteiger partial charge in [0, 0.05) is 23.0 Å². The lowest BCUT2D eigenvalue weighted by Crippen LogP contribution is -2.40. The van der Waals surface area contributed by atoms with Crippen LogP contribution in [0.1, 0.15) is 56.9 Å². The number of ether oxygens (including phenoxy) is 2. The first-order chi connectivity index (χ1) is 20.3. The second-order valence-corrected chi connectivity index (χ2v) is 12.6. The molecule has 3 atom stereocenters. The maximum atomic E-state index is 13.6. The number of hydrogen-bond donors (Lipinski definition) is 3. The van der Waals surface area contributed by atoms with Crippen LogP contribution >= 0.6 is 15.9 Å². The van der Waals surface area contributed by atoms with Crippen molar-refractivity contribution in [1.82, 2.24) is 4.90 Å². The average Bonchev–Trinajstić information content (AvgIpc) is 3.37. The molecule has 0 spiro atoms. The zero-order valence-corrected chi connectivity index (χ0v) is 25.6. The zero-order chi connectivity index (χ0) is 29.6. The van der Waals surface area contributed by atoms with Gasteiger partial charge in [-0.2, -0.15) is 0 Å². The number of carbonyl (C=O) groups excluding carboxylic acids is 2. The molecule has 3 unspecified atom stereocenters. The SMILES string of the molecule is COc1cc(CC(=O)N2CC(COC3CCC(C(=O)O)CC3)C3CCCCC32)ccc1NC(=O)Nc1ccccc1Br. The first-order valence-electron chi connectivity index (χ1n) is 15.0. The van der Waals surface area contributed by atoms with Gasteiger partial charge in [-0.1, -0.05) is 31.0 Å². The van der Waals surface area contributed by atoms with E-state index in [9.17, 15) is 19.5 Å². The van der Waals surface area contributed by atoms with Crippen LogP contribution in [0.2, 0.25) is 0 Å². The van der Waals surface area contributed by atoms with E-state index < -0.39 is 12.0 Å². The number of halogens is 1. The Labute approximate surface area is 255 Å². The number of nitrogens with zero attached hydrogens (tertiary/aromatic N) is 1. The summed E-state index contributed by atoms with van der Waals surface area (Å²) >= 11 is 3.43. The molecule has 1 saturated heterocycles. The van der Waals surface area contributed by atoms with Crippen molar-refractivity contribution in [2.45, 2.75) is 69.9 Å². The van der Waals surface area contributed by atoms with Gasteiger partial charge >= 0.3 is 12.0 Å². The molecule has 0 aromatic heterocycles. The minimum absolute atomic E-state index is 0.103. The highest BCUT2D eigenvalue weighted by Crippen LogP contribution is 2.41. The Morgan fingerprint density at radius 1 is 0.976 bits per heavy atom. The highest BCUT2D eigenvalue weighted by atomic mass is 79.9. The predicted molar refractivity (Wildman–Crippen MR) is 164 cm³/mol. The number of nitrogens with one attached hydrogen (secondary N) is 2. The minimum Gasteiger partial charge on any atom is -0.495 e. The summed E-state index contributed by atoms with van der Waals surface area (Å²) in [5, 5.41) is 14.9. The Morgan fingerprint density at radius 2 is 1.71 bits per heavy atom. The number of para-hydroxylation sites is 1. The number of hydrogen-bond acceptors (Lipinski definition) is 5. The largest absolute Gasteiger partial charge is 0.495 e. The van der Waals surface area contributed by atoms with E-state index in [0.29, 0.717) is 55.0 Å². The Bertz CT molecular complexity index is 1280. The molecule has 226 valence electrons. The maximum absolute atomic E-state index is 13.6.